The van der Waals surface area contributed by atoms with E-state index in [0.717, 1.165) is 27.3 Å². The van der Waals surface area contributed by atoms with Gasteiger partial charge >= 0.3 is 0 Å². The summed E-state index contributed by atoms with van der Waals surface area (Å²) < 4.78 is 32.5. The van der Waals surface area contributed by atoms with E-state index in [9.17, 15) is 18.0 Å². The molecule has 39 heavy (non-hydrogen) atoms. The molecule has 3 aromatic carbocycles. The number of sulfonamides is 1. The summed E-state index contributed by atoms with van der Waals surface area (Å²) in [5.41, 5.74) is 3.23. The highest BCUT2D eigenvalue weighted by Crippen LogP contribution is 2.23. The first kappa shape index (κ1) is 29.7. The Hall–Kier alpha value is -3.85. The maximum atomic E-state index is 13.7. The third kappa shape index (κ3) is 8.58. The summed E-state index contributed by atoms with van der Waals surface area (Å²) in [7, 11) is -3.81. The summed E-state index contributed by atoms with van der Waals surface area (Å²) >= 11 is 0. The van der Waals surface area contributed by atoms with Crippen LogP contribution >= 0.6 is 0 Å². The molecule has 0 saturated carbocycles. The van der Waals surface area contributed by atoms with Gasteiger partial charge in [0, 0.05) is 13.1 Å². The van der Waals surface area contributed by atoms with Crippen molar-refractivity contribution >= 4 is 27.5 Å². The Kier molecular flexibility index (Phi) is 10.5. The van der Waals surface area contributed by atoms with Crippen molar-refractivity contribution in [3.63, 3.8) is 0 Å². The van der Waals surface area contributed by atoms with Crippen molar-refractivity contribution in [2.45, 2.75) is 46.4 Å². The van der Waals surface area contributed by atoms with Crippen LogP contribution in [0.15, 0.2) is 78.9 Å². The van der Waals surface area contributed by atoms with E-state index >= 15 is 0 Å². The van der Waals surface area contributed by atoms with Crippen molar-refractivity contribution < 1.29 is 22.7 Å². The zero-order chi connectivity index (χ0) is 28.4. The molecular formula is C30H37N3O5S. The minimum atomic E-state index is -3.81. The molecule has 2 amide bonds. The molecule has 0 bridgehead atoms. The van der Waals surface area contributed by atoms with E-state index in [1.165, 1.54) is 4.90 Å². The number of carbonyl (C=O) groups is 2. The molecule has 1 atom stereocenters. The molecule has 8 nitrogen and oxygen atoms in total. The van der Waals surface area contributed by atoms with Crippen molar-refractivity contribution in [1.29, 1.82) is 0 Å². The number of carbonyl (C=O) groups excluding carboxylic acids is 2. The third-order valence-corrected chi connectivity index (χ3v) is 7.37. The number of ether oxygens (including phenoxy) is 1. The Bertz CT molecular complexity index is 1340. The van der Waals surface area contributed by atoms with E-state index in [1.807, 2.05) is 75.4 Å². The highest BCUT2D eigenvalue weighted by molar-refractivity contribution is 7.92. The van der Waals surface area contributed by atoms with Gasteiger partial charge in [-0.2, -0.15) is 0 Å². The number of benzene rings is 3. The van der Waals surface area contributed by atoms with Gasteiger partial charge in [0.2, 0.25) is 21.8 Å². The molecule has 0 aromatic heterocycles. The topological polar surface area (TPSA) is 96.0 Å². The zero-order valence-corrected chi connectivity index (χ0v) is 23.8. The average molecular weight is 552 g/mol. The number of hydrogen-bond acceptors (Lipinski definition) is 5. The van der Waals surface area contributed by atoms with E-state index in [0.29, 0.717) is 31.0 Å². The van der Waals surface area contributed by atoms with Crippen molar-refractivity contribution in [1.82, 2.24) is 10.2 Å². The van der Waals surface area contributed by atoms with Crippen LogP contribution in [0, 0.1) is 6.92 Å². The summed E-state index contributed by atoms with van der Waals surface area (Å²) in [5, 5.41) is 2.80. The summed E-state index contributed by atoms with van der Waals surface area (Å²) in [6.45, 7) is 6.14. The molecule has 1 N–H and O–H groups in total. The molecule has 0 heterocycles. The second-order valence-electron chi connectivity index (χ2n) is 9.37. The average Bonchev–Trinajstić information content (AvgIpc) is 2.91. The molecule has 208 valence electrons. The highest BCUT2D eigenvalue weighted by atomic mass is 32.2. The van der Waals surface area contributed by atoms with Gasteiger partial charge in [0.05, 0.1) is 11.9 Å². The van der Waals surface area contributed by atoms with E-state index < -0.39 is 28.5 Å². The predicted octanol–water partition coefficient (Wildman–Crippen LogP) is 4.28. The fraction of sp³-hybridized carbons (Fsp3) is 0.333. The van der Waals surface area contributed by atoms with Gasteiger partial charge in [-0.1, -0.05) is 67.1 Å². The van der Waals surface area contributed by atoms with E-state index in [1.54, 1.807) is 24.3 Å². The Labute approximate surface area is 231 Å². The maximum Gasteiger partial charge on any atom is 0.244 e. The molecule has 0 aliphatic heterocycles. The van der Waals surface area contributed by atoms with Crippen molar-refractivity contribution in [3.8, 4) is 5.75 Å². The number of amides is 2. The summed E-state index contributed by atoms with van der Waals surface area (Å²) in [6, 6.07) is 23.2. The van der Waals surface area contributed by atoms with Crippen molar-refractivity contribution in [3.05, 3.63) is 95.6 Å². The maximum absolute atomic E-state index is 13.7. The van der Waals surface area contributed by atoms with Gasteiger partial charge in [0.15, 0.2) is 0 Å². The molecule has 3 rings (SSSR count). The molecular weight excluding hydrogens is 514 g/mol. The molecule has 9 heteroatoms. The summed E-state index contributed by atoms with van der Waals surface area (Å²) in [6.07, 6.45) is 1.45. The van der Waals surface area contributed by atoms with Crippen LogP contribution in [-0.2, 0) is 32.8 Å². The van der Waals surface area contributed by atoms with Crippen LogP contribution in [0.3, 0.4) is 0 Å². The molecule has 3 aromatic rings. The smallest absolute Gasteiger partial charge is 0.244 e. The second-order valence-corrected chi connectivity index (χ2v) is 11.3. The van der Waals surface area contributed by atoms with Crippen LogP contribution < -0.4 is 14.4 Å². The van der Waals surface area contributed by atoms with Gasteiger partial charge < -0.3 is 15.0 Å². The van der Waals surface area contributed by atoms with Crippen LogP contribution in [-0.4, -0.2) is 50.5 Å². The van der Waals surface area contributed by atoms with Gasteiger partial charge in [0.25, 0.3) is 0 Å². The number of anilines is 1. The number of nitrogens with one attached hydrogen (secondary N) is 1. The Morgan fingerprint density at radius 3 is 2.18 bits per heavy atom. The first-order chi connectivity index (χ1) is 18.6. The molecule has 0 spiro atoms. The third-order valence-electron chi connectivity index (χ3n) is 6.22. The number of aryl methyl sites for hydroxylation is 1. The van der Waals surface area contributed by atoms with E-state index in [-0.39, 0.29) is 12.5 Å². The standard InChI is InChI=1S/C30H37N3O5S/c1-5-28(30(35)31-6-2)32(20-25-14-10-11-23(3)19-25)29(34)21-33(39(4,36)37)26-15-17-27(18-16-26)38-22-24-12-8-7-9-13-24/h7-19,28H,5-6,20-22H2,1-4H3,(H,31,35)/t28-/m1/s1. The van der Waals surface area contributed by atoms with Gasteiger partial charge in [-0.05, 0) is 55.7 Å². The number of hydrogen-bond donors (Lipinski definition) is 1. The highest BCUT2D eigenvalue weighted by Gasteiger charge is 2.31. The minimum absolute atomic E-state index is 0.181. The van der Waals surface area contributed by atoms with Crippen LogP contribution in [0.4, 0.5) is 5.69 Å². The minimum Gasteiger partial charge on any atom is -0.489 e. The van der Waals surface area contributed by atoms with E-state index in [4.69, 9.17) is 4.74 Å². The van der Waals surface area contributed by atoms with Crippen molar-refractivity contribution in [2.75, 3.05) is 23.7 Å². The van der Waals surface area contributed by atoms with Crippen LogP contribution in [0.5, 0.6) is 5.75 Å². The monoisotopic (exact) mass is 551 g/mol. The SMILES string of the molecule is CCNC(=O)[C@@H](CC)N(Cc1cccc(C)c1)C(=O)CN(c1ccc(OCc2ccccc2)cc1)S(C)(=O)=O. The number of nitrogens with zero attached hydrogens (tertiary/aromatic N) is 2. The van der Waals surface area contributed by atoms with Gasteiger partial charge in [0.1, 0.15) is 24.9 Å². The normalized spacial score (nSPS) is 11.9. The Balaban J connectivity index is 1.84. The molecule has 0 aliphatic carbocycles. The molecule has 0 fully saturated rings. The van der Waals surface area contributed by atoms with Gasteiger partial charge in [-0.3, -0.25) is 13.9 Å². The molecule has 0 unspecified atom stereocenters. The second kappa shape index (κ2) is 13.8. The predicted molar refractivity (Wildman–Crippen MR) is 154 cm³/mol. The zero-order valence-electron chi connectivity index (χ0n) is 23.0. The fourth-order valence-corrected chi connectivity index (χ4v) is 5.13. The quantitative estimate of drug-likeness (QED) is 0.342. The summed E-state index contributed by atoms with van der Waals surface area (Å²) in [4.78, 5) is 28.1. The number of rotatable bonds is 13. The lowest BCUT2D eigenvalue weighted by molar-refractivity contribution is -0.140. The lowest BCUT2D eigenvalue weighted by Gasteiger charge is -2.32. The van der Waals surface area contributed by atoms with Crippen molar-refractivity contribution in [2.24, 2.45) is 0 Å². The largest absolute Gasteiger partial charge is 0.489 e. The molecule has 0 aliphatic rings. The Morgan fingerprint density at radius 2 is 1.59 bits per heavy atom. The van der Waals surface area contributed by atoms with Gasteiger partial charge in [-0.25, -0.2) is 8.42 Å². The lowest BCUT2D eigenvalue weighted by atomic mass is 10.1. The van der Waals surface area contributed by atoms with Gasteiger partial charge in [-0.15, -0.1) is 0 Å². The fourth-order valence-electron chi connectivity index (χ4n) is 4.28. The molecule has 0 saturated heterocycles. The van der Waals surface area contributed by atoms with Crippen LogP contribution in [0.2, 0.25) is 0 Å². The lowest BCUT2D eigenvalue weighted by Crippen LogP contribution is -2.52. The summed E-state index contributed by atoms with van der Waals surface area (Å²) in [5.74, 6) is -0.165. The first-order valence-corrected chi connectivity index (χ1v) is 14.8. The van der Waals surface area contributed by atoms with Crippen LogP contribution in [0.1, 0.15) is 37.0 Å². The first-order valence-electron chi connectivity index (χ1n) is 13.0. The molecule has 0 radical (unpaired) electrons. The Morgan fingerprint density at radius 1 is 0.923 bits per heavy atom. The van der Waals surface area contributed by atoms with Crippen LogP contribution in [0.25, 0.3) is 0 Å². The van der Waals surface area contributed by atoms with E-state index in [2.05, 4.69) is 5.32 Å². The number of likely N-dealkylation sites (N-methyl/N-ethyl adjacent to an activating group) is 1.